The number of carbonyl (C=O) groups excluding carboxylic acids is 1. The van der Waals surface area contributed by atoms with Crippen molar-refractivity contribution in [2.75, 3.05) is 13.2 Å². The summed E-state index contributed by atoms with van der Waals surface area (Å²) in [5.74, 6) is -0.186. The Morgan fingerprint density at radius 1 is 0.909 bits per heavy atom. The average Bonchev–Trinajstić information content (AvgIpc) is 2.43. The average molecular weight is 310 g/mol. The fourth-order valence-corrected chi connectivity index (χ4v) is 2.79. The molecule has 0 aliphatic carbocycles. The van der Waals surface area contributed by atoms with Gasteiger partial charge in [-0.15, -0.1) is 0 Å². The molecule has 1 rings (SSSR count). The van der Waals surface area contributed by atoms with Crippen molar-refractivity contribution in [3.8, 4) is 0 Å². The first-order chi connectivity index (χ1) is 10.5. The van der Waals surface area contributed by atoms with Crippen molar-refractivity contribution < 1.29 is 14.3 Å². The van der Waals surface area contributed by atoms with Gasteiger partial charge in [0.2, 0.25) is 0 Å². The molecule has 128 valence electrons. The number of rotatable bonds is 0. The van der Waals surface area contributed by atoms with Crippen LogP contribution in [0.15, 0.2) is 11.6 Å². The molecule has 0 radical (unpaired) electrons. The number of ether oxygens (including phenoxy) is 2. The molecule has 22 heavy (non-hydrogen) atoms. The van der Waals surface area contributed by atoms with Crippen molar-refractivity contribution in [2.45, 2.75) is 90.6 Å². The van der Waals surface area contributed by atoms with Crippen LogP contribution in [0.3, 0.4) is 0 Å². The summed E-state index contributed by atoms with van der Waals surface area (Å²) in [6.07, 6.45) is 13.0. The van der Waals surface area contributed by atoms with E-state index in [1.54, 1.807) is 6.08 Å². The van der Waals surface area contributed by atoms with E-state index in [1.165, 1.54) is 32.1 Å². The summed E-state index contributed by atoms with van der Waals surface area (Å²) in [5, 5.41) is 0. The summed E-state index contributed by atoms with van der Waals surface area (Å²) < 4.78 is 11.3. The van der Waals surface area contributed by atoms with Gasteiger partial charge < -0.3 is 9.47 Å². The minimum absolute atomic E-state index is 0.0633. The lowest BCUT2D eigenvalue weighted by molar-refractivity contribution is -0.137. The van der Waals surface area contributed by atoms with E-state index in [4.69, 9.17) is 9.47 Å². The maximum atomic E-state index is 11.7. The first-order valence-electron chi connectivity index (χ1n) is 8.97. The van der Waals surface area contributed by atoms with Crippen LogP contribution in [0.4, 0.5) is 0 Å². The van der Waals surface area contributed by atoms with E-state index < -0.39 is 0 Å². The third-order valence-electron chi connectivity index (χ3n) is 4.24. The van der Waals surface area contributed by atoms with Gasteiger partial charge in [0.15, 0.2) is 0 Å². The highest BCUT2D eigenvalue weighted by atomic mass is 16.5. The van der Waals surface area contributed by atoms with Crippen LogP contribution < -0.4 is 0 Å². The molecule has 0 atom stereocenters. The highest BCUT2D eigenvalue weighted by Gasteiger charge is 2.17. The lowest BCUT2D eigenvalue weighted by Crippen LogP contribution is -2.24. The molecule has 0 amide bonds. The quantitative estimate of drug-likeness (QED) is 0.578. The van der Waals surface area contributed by atoms with Crippen molar-refractivity contribution in [1.82, 2.24) is 0 Å². The normalized spacial score (nSPS) is 23.8. The number of cyclic esters (lactones) is 1. The Balaban J connectivity index is 2.45. The molecule has 0 aromatic carbocycles. The van der Waals surface area contributed by atoms with Gasteiger partial charge in [0.05, 0.1) is 12.2 Å². The van der Waals surface area contributed by atoms with Crippen LogP contribution in [-0.4, -0.2) is 24.8 Å². The van der Waals surface area contributed by atoms with E-state index in [-0.39, 0.29) is 11.6 Å². The summed E-state index contributed by atoms with van der Waals surface area (Å²) >= 11 is 0. The van der Waals surface area contributed by atoms with E-state index in [1.807, 2.05) is 6.92 Å². The Labute approximate surface area is 136 Å². The van der Waals surface area contributed by atoms with Crippen LogP contribution in [0.1, 0.15) is 85.0 Å². The molecular formula is C19H34O3. The molecule has 0 unspecified atom stereocenters. The molecule has 0 aromatic heterocycles. The van der Waals surface area contributed by atoms with Crippen LogP contribution in [0.2, 0.25) is 0 Å². The zero-order chi connectivity index (χ0) is 16.3. The van der Waals surface area contributed by atoms with Gasteiger partial charge in [-0.3, -0.25) is 0 Å². The SMILES string of the molecule is CC1=CC(=O)OCCCCCCCCCOC(C)(C)CCC1. The predicted octanol–water partition coefficient (Wildman–Crippen LogP) is 5.19. The monoisotopic (exact) mass is 310 g/mol. The number of esters is 1. The van der Waals surface area contributed by atoms with Crippen LogP contribution in [-0.2, 0) is 14.3 Å². The fourth-order valence-electron chi connectivity index (χ4n) is 2.79. The van der Waals surface area contributed by atoms with Gasteiger partial charge in [-0.25, -0.2) is 4.79 Å². The maximum Gasteiger partial charge on any atom is 0.330 e. The van der Waals surface area contributed by atoms with Crippen molar-refractivity contribution in [3.05, 3.63) is 11.6 Å². The second-order valence-electron chi connectivity index (χ2n) is 7.09. The summed E-state index contributed by atoms with van der Waals surface area (Å²) in [4.78, 5) is 11.7. The molecule has 0 saturated carbocycles. The summed E-state index contributed by atoms with van der Waals surface area (Å²) in [7, 11) is 0. The Bertz CT molecular complexity index is 345. The van der Waals surface area contributed by atoms with E-state index in [2.05, 4.69) is 13.8 Å². The van der Waals surface area contributed by atoms with Crippen LogP contribution in [0.5, 0.6) is 0 Å². The minimum atomic E-state index is -0.186. The van der Waals surface area contributed by atoms with Crippen molar-refractivity contribution in [2.24, 2.45) is 0 Å². The largest absolute Gasteiger partial charge is 0.463 e. The second kappa shape index (κ2) is 10.8. The maximum absolute atomic E-state index is 11.7. The summed E-state index contributed by atoms with van der Waals surface area (Å²) in [6.45, 7) is 7.77. The first-order valence-corrected chi connectivity index (χ1v) is 8.97. The first kappa shape index (κ1) is 19.2. The van der Waals surface area contributed by atoms with Crippen LogP contribution in [0.25, 0.3) is 0 Å². The molecule has 0 N–H and O–H groups in total. The molecule has 1 aliphatic heterocycles. The van der Waals surface area contributed by atoms with Gasteiger partial charge in [-0.1, -0.05) is 37.7 Å². The van der Waals surface area contributed by atoms with E-state index in [0.29, 0.717) is 6.61 Å². The molecule has 1 aliphatic rings. The number of allylic oxidation sites excluding steroid dienone is 1. The summed E-state index contributed by atoms with van der Waals surface area (Å²) in [6, 6.07) is 0. The number of hydrogen-bond donors (Lipinski definition) is 0. The lowest BCUT2D eigenvalue weighted by Gasteiger charge is -2.25. The van der Waals surface area contributed by atoms with Crippen molar-refractivity contribution >= 4 is 5.97 Å². The molecule has 0 aromatic rings. The predicted molar refractivity (Wildman–Crippen MR) is 90.9 cm³/mol. The van der Waals surface area contributed by atoms with Gasteiger partial charge in [0.1, 0.15) is 0 Å². The number of carbonyl (C=O) groups is 1. The standard InChI is InChI=1S/C19H34O3/c1-17-12-11-13-19(2,3)22-15-10-8-6-4-5-7-9-14-21-18(20)16-17/h16H,4-15H2,1-3H3. The van der Waals surface area contributed by atoms with Gasteiger partial charge in [0.25, 0.3) is 0 Å². The van der Waals surface area contributed by atoms with Crippen molar-refractivity contribution in [3.63, 3.8) is 0 Å². The zero-order valence-electron chi connectivity index (χ0n) is 14.8. The van der Waals surface area contributed by atoms with E-state index >= 15 is 0 Å². The molecule has 3 nitrogen and oxygen atoms in total. The highest BCUT2D eigenvalue weighted by molar-refractivity contribution is 5.82. The Morgan fingerprint density at radius 3 is 2.18 bits per heavy atom. The Kier molecular flexibility index (Phi) is 9.45. The molecule has 0 spiro atoms. The molecule has 0 saturated heterocycles. The van der Waals surface area contributed by atoms with E-state index in [9.17, 15) is 4.79 Å². The second-order valence-corrected chi connectivity index (χ2v) is 7.09. The molecular weight excluding hydrogens is 276 g/mol. The molecule has 1 heterocycles. The van der Waals surface area contributed by atoms with Crippen molar-refractivity contribution in [1.29, 1.82) is 0 Å². The number of hydrogen-bond acceptors (Lipinski definition) is 3. The zero-order valence-corrected chi connectivity index (χ0v) is 14.8. The van der Waals surface area contributed by atoms with Gasteiger partial charge >= 0.3 is 5.97 Å². The molecule has 0 fully saturated rings. The fraction of sp³-hybridized carbons (Fsp3) is 0.842. The topological polar surface area (TPSA) is 35.5 Å². The minimum Gasteiger partial charge on any atom is -0.463 e. The lowest BCUT2D eigenvalue weighted by atomic mass is 9.99. The Hall–Kier alpha value is -0.830. The molecule has 0 bridgehead atoms. The smallest absolute Gasteiger partial charge is 0.330 e. The third kappa shape index (κ3) is 9.99. The van der Waals surface area contributed by atoms with Crippen LogP contribution >= 0.6 is 0 Å². The summed E-state index contributed by atoms with van der Waals surface area (Å²) in [5.41, 5.74) is 1.04. The Morgan fingerprint density at radius 2 is 1.50 bits per heavy atom. The van der Waals surface area contributed by atoms with E-state index in [0.717, 1.165) is 44.3 Å². The van der Waals surface area contributed by atoms with Gasteiger partial charge in [-0.2, -0.15) is 0 Å². The van der Waals surface area contributed by atoms with Crippen LogP contribution in [0, 0.1) is 0 Å². The van der Waals surface area contributed by atoms with Gasteiger partial charge in [-0.05, 0) is 52.9 Å². The third-order valence-corrected chi connectivity index (χ3v) is 4.24. The molecule has 3 heteroatoms. The highest BCUT2D eigenvalue weighted by Crippen LogP contribution is 2.21. The van der Waals surface area contributed by atoms with Gasteiger partial charge in [0, 0.05) is 12.7 Å².